The van der Waals surface area contributed by atoms with Gasteiger partial charge in [-0.1, -0.05) is 0 Å². The molecule has 0 unspecified atom stereocenters. The second kappa shape index (κ2) is 6.59. The maximum absolute atomic E-state index is 12.2. The summed E-state index contributed by atoms with van der Waals surface area (Å²) in [5.74, 6) is 1.66. The molecule has 7 nitrogen and oxygen atoms in total. The fourth-order valence-corrected chi connectivity index (χ4v) is 2.63. The Morgan fingerprint density at radius 3 is 2.52 bits per heavy atom. The van der Waals surface area contributed by atoms with Crippen molar-refractivity contribution in [2.24, 2.45) is 0 Å². The molecule has 0 spiro atoms. The Kier molecular flexibility index (Phi) is 4.96. The zero-order chi connectivity index (χ0) is 17.2. The number of aryl methyl sites for hydroxylation is 2. The highest BCUT2D eigenvalue weighted by Gasteiger charge is 2.18. The van der Waals surface area contributed by atoms with Crippen LogP contribution in [-0.4, -0.2) is 20.6 Å². The Balaban J connectivity index is 2.01. The summed E-state index contributed by atoms with van der Waals surface area (Å²) in [4.78, 5) is 12.2. The largest absolute Gasteiger partial charge is 0.466 e. The first-order chi connectivity index (χ1) is 10.7. The molecule has 0 aliphatic rings. The Bertz CT molecular complexity index is 804. The maximum atomic E-state index is 12.2. The van der Waals surface area contributed by atoms with Crippen LogP contribution in [0.4, 0.5) is 0 Å². The van der Waals surface area contributed by atoms with Crippen LogP contribution in [-0.2, 0) is 16.6 Å². The van der Waals surface area contributed by atoms with E-state index >= 15 is 0 Å². The first-order valence-electron chi connectivity index (χ1n) is 7.07. The SMILES string of the molecule is Cc1cc([C@@H](C)NC(=O)c2ccc(CNS(C)(=O)=O)o2)c(C)o1. The maximum Gasteiger partial charge on any atom is 0.287 e. The number of hydrogen-bond donors (Lipinski definition) is 2. The average molecular weight is 340 g/mol. The Labute approximate surface area is 135 Å². The Hall–Kier alpha value is -2.06. The van der Waals surface area contributed by atoms with Gasteiger partial charge in [0.25, 0.3) is 5.91 Å². The first kappa shape index (κ1) is 17.3. The third-order valence-electron chi connectivity index (χ3n) is 3.29. The summed E-state index contributed by atoms with van der Waals surface area (Å²) in [5, 5.41) is 2.82. The number of nitrogens with one attached hydrogen (secondary N) is 2. The van der Waals surface area contributed by atoms with E-state index in [0.29, 0.717) is 5.76 Å². The van der Waals surface area contributed by atoms with Crippen LogP contribution in [0.1, 0.15) is 46.4 Å². The van der Waals surface area contributed by atoms with E-state index in [1.807, 2.05) is 26.8 Å². The summed E-state index contributed by atoms with van der Waals surface area (Å²) in [6.45, 7) is 5.54. The molecule has 2 N–H and O–H groups in total. The number of hydrogen-bond acceptors (Lipinski definition) is 5. The molecule has 0 saturated heterocycles. The molecule has 23 heavy (non-hydrogen) atoms. The van der Waals surface area contributed by atoms with Gasteiger partial charge in [-0.3, -0.25) is 4.79 Å². The fourth-order valence-electron chi connectivity index (χ4n) is 2.22. The lowest BCUT2D eigenvalue weighted by Gasteiger charge is -2.11. The normalized spacial score (nSPS) is 13.0. The number of carbonyl (C=O) groups excluding carboxylic acids is 1. The molecule has 8 heteroatoms. The van der Waals surface area contributed by atoms with Gasteiger partial charge in [0.05, 0.1) is 18.8 Å². The zero-order valence-electron chi connectivity index (χ0n) is 13.5. The number of rotatable bonds is 6. The van der Waals surface area contributed by atoms with E-state index < -0.39 is 10.0 Å². The van der Waals surface area contributed by atoms with Gasteiger partial charge >= 0.3 is 0 Å². The molecule has 0 aromatic carbocycles. The third-order valence-corrected chi connectivity index (χ3v) is 3.96. The molecule has 2 aromatic heterocycles. The van der Waals surface area contributed by atoms with Gasteiger partial charge in [-0.15, -0.1) is 0 Å². The molecule has 0 aliphatic carbocycles. The molecule has 2 heterocycles. The van der Waals surface area contributed by atoms with E-state index in [-0.39, 0.29) is 24.3 Å². The zero-order valence-corrected chi connectivity index (χ0v) is 14.3. The Morgan fingerprint density at radius 2 is 1.96 bits per heavy atom. The fraction of sp³-hybridized carbons (Fsp3) is 0.400. The average Bonchev–Trinajstić information content (AvgIpc) is 3.02. The summed E-state index contributed by atoms with van der Waals surface area (Å²) in [6.07, 6.45) is 1.06. The highest BCUT2D eigenvalue weighted by Crippen LogP contribution is 2.21. The minimum absolute atomic E-state index is 0.00169. The summed E-state index contributed by atoms with van der Waals surface area (Å²) in [7, 11) is -3.31. The number of furan rings is 2. The molecular weight excluding hydrogens is 320 g/mol. The van der Waals surface area contributed by atoms with Crippen molar-refractivity contribution in [3.8, 4) is 0 Å². The summed E-state index contributed by atoms with van der Waals surface area (Å²) in [5.41, 5.74) is 0.904. The first-order valence-corrected chi connectivity index (χ1v) is 8.96. The van der Waals surface area contributed by atoms with Crippen molar-refractivity contribution in [2.45, 2.75) is 33.4 Å². The Morgan fingerprint density at radius 1 is 1.26 bits per heavy atom. The molecule has 1 atom stereocenters. The molecular formula is C15H20N2O5S. The van der Waals surface area contributed by atoms with Crippen LogP contribution < -0.4 is 10.0 Å². The second-order valence-corrected chi connectivity index (χ2v) is 7.26. The highest BCUT2D eigenvalue weighted by molar-refractivity contribution is 7.88. The molecule has 0 saturated carbocycles. The highest BCUT2D eigenvalue weighted by atomic mass is 32.2. The van der Waals surface area contributed by atoms with Crippen LogP contribution in [0.25, 0.3) is 0 Å². The standard InChI is InChI=1S/C15H20N2O5S/c1-9-7-13(11(3)21-9)10(2)17-15(18)14-6-5-12(22-14)8-16-23(4,19)20/h5-7,10,16H,8H2,1-4H3,(H,17,18)/t10-/m1/s1. The van der Waals surface area contributed by atoms with Gasteiger partial charge < -0.3 is 14.2 Å². The van der Waals surface area contributed by atoms with Crippen LogP contribution in [0, 0.1) is 13.8 Å². The molecule has 0 aliphatic heterocycles. The van der Waals surface area contributed by atoms with Crippen LogP contribution in [0.5, 0.6) is 0 Å². The van der Waals surface area contributed by atoms with Crippen molar-refractivity contribution in [1.29, 1.82) is 0 Å². The summed E-state index contributed by atoms with van der Waals surface area (Å²) >= 11 is 0. The predicted octanol–water partition coefficient (Wildman–Crippen LogP) is 2.03. The van der Waals surface area contributed by atoms with Gasteiger partial charge in [-0.05, 0) is 39.0 Å². The quantitative estimate of drug-likeness (QED) is 0.838. The van der Waals surface area contributed by atoms with Crippen molar-refractivity contribution in [3.05, 3.63) is 46.8 Å². The van der Waals surface area contributed by atoms with Crippen molar-refractivity contribution in [2.75, 3.05) is 6.26 Å². The lowest BCUT2D eigenvalue weighted by molar-refractivity contribution is 0.0910. The van der Waals surface area contributed by atoms with Crippen LogP contribution in [0.15, 0.2) is 27.0 Å². The van der Waals surface area contributed by atoms with Gasteiger partial charge in [-0.25, -0.2) is 13.1 Å². The van der Waals surface area contributed by atoms with Crippen molar-refractivity contribution in [3.63, 3.8) is 0 Å². The lowest BCUT2D eigenvalue weighted by atomic mass is 10.1. The van der Waals surface area contributed by atoms with Crippen molar-refractivity contribution in [1.82, 2.24) is 10.0 Å². The van der Waals surface area contributed by atoms with E-state index in [1.165, 1.54) is 6.07 Å². The second-order valence-electron chi connectivity index (χ2n) is 5.42. The van der Waals surface area contributed by atoms with Gasteiger partial charge in [0, 0.05) is 5.56 Å². The number of sulfonamides is 1. The van der Waals surface area contributed by atoms with Gasteiger partial charge in [0.15, 0.2) is 5.76 Å². The van der Waals surface area contributed by atoms with Crippen LogP contribution in [0.3, 0.4) is 0 Å². The minimum atomic E-state index is -3.31. The van der Waals surface area contributed by atoms with E-state index in [4.69, 9.17) is 8.83 Å². The molecule has 1 amide bonds. The van der Waals surface area contributed by atoms with Crippen LogP contribution >= 0.6 is 0 Å². The molecule has 0 radical (unpaired) electrons. The van der Waals surface area contributed by atoms with Crippen LogP contribution in [0.2, 0.25) is 0 Å². The lowest BCUT2D eigenvalue weighted by Crippen LogP contribution is -2.26. The topological polar surface area (TPSA) is 102 Å². The summed E-state index contributed by atoms with van der Waals surface area (Å²) in [6, 6.07) is 4.71. The molecule has 2 rings (SSSR count). The predicted molar refractivity (Wildman–Crippen MR) is 84.5 cm³/mol. The molecule has 126 valence electrons. The van der Waals surface area contributed by atoms with E-state index in [2.05, 4.69) is 10.0 Å². The summed E-state index contributed by atoms with van der Waals surface area (Å²) < 4.78 is 35.2. The van der Waals surface area contributed by atoms with Gasteiger partial charge in [-0.2, -0.15) is 0 Å². The monoisotopic (exact) mass is 340 g/mol. The number of carbonyl (C=O) groups is 1. The minimum Gasteiger partial charge on any atom is -0.466 e. The molecule has 0 fully saturated rings. The molecule has 2 aromatic rings. The van der Waals surface area contributed by atoms with Gasteiger partial charge in [0.1, 0.15) is 17.3 Å². The van der Waals surface area contributed by atoms with E-state index in [9.17, 15) is 13.2 Å². The van der Waals surface area contributed by atoms with E-state index in [1.54, 1.807) is 6.07 Å². The van der Waals surface area contributed by atoms with E-state index in [0.717, 1.165) is 23.3 Å². The smallest absolute Gasteiger partial charge is 0.287 e. The van der Waals surface area contributed by atoms with Gasteiger partial charge in [0.2, 0.25) is 10.0 Å². The van der Waals surface area contributed by atoms with Crippen molar-refractivity contribution >= 4 is 15.9 Å². The molecule has 0 bridgehead atoms. The third kappa shape index (κ3) is 4.70. The number of amides is 1. The van der Waals surface area contributed by atoms with Crippen molar-refractivity contribution < 1.29 is 22.0 Å².